The minimum Gasteiger partial charge on any atom is -0.329 e. The fraction of sp³-hybridized carbons (Fsp3) is 1.00. The van der Waals surface area contributed by atoms with Gasteiger partial charge in [-0.1, -0.05) is 27.2 Å². The third kappa shape index (κ3) is 2.85. The minimum atomic E-state index is 0.673. The van der Waals surface area contributed by atoms with Crippen LogP contribution >= 0.6 is 0 Å². The zero-order chi connectivity index (χ0) is 12.4. The Labute approximate surface area is 107 Å². The molecule has 1 aliphatic carbocycles. The lowest BCUT2D eigenvalue weighted by atomic mass is 9.73. The Kier molecular flexibility index (Phi) is 4.48. The number of likely N-dealkylation sites (tertiary alicyclic amines) is 1. The number of hydrogen-bond acceptors (Lipinski definition) is 2. The van der Waals surface area contributed by atoms with E-state index in [1.807, 2.05) is 0 Å². The van der Waals surface area contributed by atoms with Crippen LogP contribution in [0.25, 0.3) is 0 Å². The Hall–Kier alpha value is -0.0800. The maximum absolute atomic E-state index is 5.95. The third-order valence-electron chi connectivity index (χ3n) is 5.11. The first-order chi connectivity index (χ1) is 8.13. The molecule has 100 valence electrons. The molecular weight excluding hydrogens is 208 g/mol. The van der Waals surface area contributed by atoms with E-state index in [1.165, 1.54) is 38.6 Å². The molecule has 0 aromatic rings. The zero-order valence-corrected chi connectivity index (χ0v) is 11.9. The number of nitrogens with two attached hydrogens (primary N) is 1. The SMILES string of the molecule is CC1CCC(C(C)C)C(N2CCCC2CN)C1. The molecule has 1 heterocycles. The standard InChI is InChI=1S/C15H30N2/c1-11(2)14-7-6-12(3)9-15(14)17-8-4-5-13(17)10-16/h11-15H,4-10,16H2,1-3H3. The van der Waals surface area contributed by atoms with Crippen molar-refractivity contribution in [3.8, 4) is 0 Å². The molecule has 0 spiro atoms. The Morgan fingerprint density at radius 1 is 1.24 bits per heavy atom. The van der Waals surface area contributed by atoms with E-state index in [-0.39, 0.29) is 0 Å². The molecule has 4 atom stereocenters. The lowest BCUT2D eigenvalue weighted by molar-refractivity contribution is 0.0525. The summed E-state index contributed by atoms with van der Waals surface area (Å²) in [6, 6.07) is 1.49. The summed E-state index contributed by atoms with van der Waals surface area (Å²) >= 11 is 0. The Morgan fingerprint density at radius 3 is 2.65 bits per heavy atom. The Morgan fingerprint density at radius 2 is 2.00 bits per heavy atom. The van der Waals surface area contributed by atoms with Gasteiger partial charge in [0.05, 0.1) is 0 Å². The van der Waals surface area contributed by atoms with Crippen LogP contribution < -0.4 is 5.73 Å². The molecule has 2 N–H and O–H groups in total. The van der Waals surface area contributed by atoms with E-state index in [0.29, 0.717) is 6.04 Å². The molecule has 2 rings (SSSR count). The first kappa shape index (κ1) is 13.4. The van der Waals surface area contributed by atoms with Crippen molar-refractivity contribution in [2.75, 3.05) is 13.1 Å². The average Bonchev–Trinajstić information content (AvgIpc) is 2.76. The van der Waals surface area contributed by atoms with Crippen molar-refractivity contribution in [2.45, 2.75) is 65.0 Å². The van der Waals surface area contributed by atoms with Gasteiger partial charge >= 0.3 is 0 Å². The van der Waals surface area contributed by atoms with Gasteiger partial charge in [0.2, 0.25) is 0 Å². The molecule has 0 bridgehead atoms. The predicted molar refractivity (Wildman–Crippen MR) is 73.9 cm³/mol. The van der Waals surface area contributed by atoms with E-state index in [4.69, 9.17) is 5.73 Å². The second-order valence-electron chi connectivity index (χ2n) is 6.66. The quantitative estimate of drug-likeness (QED) is 0.819. The second-order valence-corrected chi connectivity index (χ2v) is 6.66. The molecule has 4 unspecified atom stereocenters. The van der Waals surface area contributed by atoms with Crippen molar-refractivity contribution >= 4 is 0 Å². The normalized spacial score (nSPS) is 40.1. The highest BCUT2D eigenvalue weighted by Gasteiger charge is 2.38. The van der Waals surface area contributed by atoms with E-state index in [0.717, 1.165) is 30.3 Å². The Bertz CT molecular complexity index is 239. The van der Waals surface area contributed by atoms with Crippen LogP contribution in [0.2, 0.25) is 0 Å². The highest BCUT2D eigenvalue weighted by atomic mass is 15.2. The molecule has 2 nitrogen and oxygen atoms in total. The van der Waals surface area contributed by atoms with Crippen LogP contribution in [0.3, 0.4) is 0 Å². The first-order valence-electron chi connectivity index (χ1n) is 7.59. The summed E-state index contributed by atoms with van der Waals surface area (Å²) in [6.45, 7) is 9.39. The average molecular weight is 238 g/mol. The van der Waals surface area contributed by atoms with Crippen LogP contribution in [-0.4, -0.2) is 30.1 Å². The van der Waals surface area contributed by atoms with Crippen LogP contribution in [0.5, 0.6) is 0 Å². The molecule has 0 aromatic carbocycles. The molecule has 17 heavy (non-hydrogen) atoms. The summed E-state index contributed by atoms with van der Waals surface area (Å²) in [5.74, 6) is 2.64. The van der Waals surface area contributed by atoms with Crippen LogP contribution in [0.4, 0.5) is 0 Å². The minimum absolute atomic E-state index is 0.673. The van der Waals surface area contributed by atoms with Gasteiger partial charge in [0.15, 0.2) is 0 Å². The highest BCUT2D eigenvalue weighted by molar-refractivity contribution is 4.93. The van der Waals surface area contributed by atoms with Crippen LogP contribution in [0, 0.1) is 17.8 Å². The summed E-state index contributed by atoms with van der Waals surface area (Å²) < 4.78 is 0. The van der Waals surface area contributed by atoms with Crippen LogP contribution in [0.1, 0.15) is 52.9 Å². The molecule has 0 radical (unpaired) electrons. The first-order valence-corrected chi connectivity index (χ1v) is 7.59. The van der Waals surface area contributed by atoms with Gasteiger partial charge in [-0.25, -0.2) is 0 Å². The molecule has 0 aromatic heterocycles. The van der Waals surface area contributed by atoms with E-state index >= 15 is 0 Å². The molecule has 2 aliphatic rings. The summed E-state index contributed by atoms with van der Waals surface area (Å²) in [7, 11) is 0. The van der Waals surface area contributed by atoms with Gasteiger partial charge in [-0.15, -0.1) is 0 Å². The van der Waals surface area contributed by atoms with Gasteiger partial charge in [-0.05, 0) is 50.0 Å². The Balaban J connectivity index is 2.08. The predicted octanol–water partition coefficient (Wildman–Crippen LogP) is 2.87. The van der Waals surface area contributed by atoms with Gasteiger partial charge < -0.3 is 5.73 Å². The van der Waals surface area contributed by atoms with Crippen molar-refractivity contribution in [3.05, 3.63) is 0 Å². The van der Waals surface area contributed by atoms with Gasteiger partial charge in [-0.3, -0.25) is 4.90 Å². The van der Waals surface area contributed by atoms with E-state index in [9.17, 15) is 0 Å². The molecule has 0 amide bonds. The topological polar surface area (TPSA) is 29.3 Å². The van der Waals surface area contributed by atoms with Gasteiger partial charge in [0.25, 0.3) is 0 Å². The van der Waals surface area contributed by atoms with E-state index in [1.54, 1.807) is 0 Å². The highest BCUT2D eigenvalue weighted by Crippen LogP contribution is 2.38. The number of hydrogen-bond donors (Lipinski definition) is 1. The molecular formula is C15H30N2. The van der Waals surface area contributed by atoms with Crippen molar-refractivity contribution in [1.29, 1.82) is 0 Å². The van der Waals surface area contributed by atoms with Crippen molar-refractivity contribution in [3.63, 3.8) is 0 Å². The molecule has 1 saturated carbocycles. The fourth-order valence-electron chi connectivity index (χ4n) is 4.08. The number of nitrogens with zero attached hydrogens (tertiary/aromatic N) is 1. The lowest BCUT2D eigenvalue weighted by Crippen LogP contribution is -2.49. The zero-order valence-electron chi connectivity index (χ0n) is 11.9. The number of rotatable bonds is 3. The van der Waals surface area contributed by atoms with Gasteiger partial charge in [-0.2, -0.15) is 0 Å². The van der Waals surface area contributed by atoms with E-state index in [2.05, 4.69) is 25.7 Å². The van der Waals surface area contributed by atoms with Crippen LogP contribution in [-0.2, 0) is 0 Å². The van der Waals surface area contributed by atoms with Crippen molar-refractivity contribution in [2.24, 2.45) is 23.5 Å². The summed E-state index contributed by atoms with van der Waals surface area (Å²) in [5, 5.41) is 0. The van der Waals surface area contributed by atoms with Gasteiger partial charge in [0, 0.05) is 18.6 Å². The molecule has 1 aliphatic heterocycles. The lowest BCUT2D eigenvalue weighted by Gasteiger charge is -2.44. The fourth-order valence-corrected chi connectivity index (χ4v) is 4.08. The second kappa shape index (κ2) is 5.71. The smallest absolute Gasteiger partial charge is 0.0221 e. The van der Waals surface area contributed by atoms with Gasteiger partial charge in [0.1, 0.15) is 0 Å². The molecule has 2 fully saturated rings. The van der Waals surface area contributed by atoms with Crippen molar-refractivity contribution < 1.29 is 0 Å². The van der Waals surface area contributed by atoms with Crippen molar-refractivity contribution in [1.82, 2.24) is 4.90 Å². The molecule has 2 heteroatoms. The monoisotopic (exact) mass is 238 g/mol. The molecule has 1 saturated heterocycles. The summed E-state index contributed by atoms with van der Waals surface area (Å²) in [4.78, 5) is 2.76. The maximum Gasteiger partial charge on any atom is 0.0221 e. The summed E-state index contributed by atoms with van der Waals surface area (Å²) in [6.07, 6.45) is 6.95. The maximum atomic E-state index is 5.95. The van der Waals surface area contributed by atoms with E-state index < -0.39 is 0 Å². The summed E-state index contributed by atoms with van der Waals surface area (Å²) in [5.41, 5.74) is 5.95. The largest absolute Gasteiger partial charge is 0.329 e. The third-order valence-corrected chi connectivity index (χ3v) is 5.11. The van der Waals surface area contributed by atoms with Crippen LogP contribution in [0.15, 0.2) is 0 Å².